The highest BCUT2D eigenvalue weighted by Crippen LogP contribution is 2.74. The van der Waals surface area contributed by atoms with Crippen molar-refractivity contribution in [2.24, 2.45) is 39.9 Å². The number of carboxylic acids is 1. The summed E-state index contributed by atoms with van der Waals surface area (Å²) in [6.07, 6.45) is -9.37. The minimum atomic E-state index is -5.05. The van der Waals surface area contributed by atoms with Crippen molar-refractivity contribution in [1.82, 2.24) is 0 Å². The van der Waals surface area contributed by atoms with Crippen LogP contribution in [0.25, 0.3) is 5.57 Å². The number of aliphatic hydroxyl groups is 2. The molecule has 5 rings (SSSR count). The molecule has 3 N–H and O–H groups in total. The van der Waals surface area contributed by atoms with Crippen molar-refractivity contribution in [3.05, 3.63) is 51.6 Å². The van der Waals surface area contributed by atoms with Crippen molar-refractivity contribution in [3.63, 3.8) is 0 Å². The number of allylic oxidation sites excluding steroid dienone is 2. The molecule has 12 heteroatoms. The van der Waals surface area contributed by atoms with Crippen LogP contribution in [0.4, 0.5) is 26.3 Å². The molecule has 0 heterocycles. The molecule has 4 saturated carbocycles. The quantitative estimate of drug-likeness (QED) is 0.153. The molecule has 10 atom stereocenters. The molecule has 4 aliphatic rings. The van der Waals surface area contributed by atoms with Crippen LogP contribution in [0.3, 0.4) is 0 Å². The van der Waals surface area contributed by atoms with E-state index in [-0.39, 0.29) is 65.2 Å². The largest absolute Gasteiger partial charge is 0.478 e. The number of hydrogen-bond acceptors (Lipinski definition) is 5. The molecule has 0 spiro atoms. The molecule has 0 aromatic heterocycles. The standard InChI is InChI=1S/C39H50F6O6/c1-19(2)25(22-14-23(38(40,41)42)16-24(15-22)39(43,44)45)8-9-26(34(49)50)32-28-17-30(48)33-35(5)12-11-29(47)20(3)27(35)10-13-36(33,6)37(28,7)18-31(32)51-21(4)46/h14-16,20,27-31,33,47-48H,8-13,17-18H2,1-7H3,(H,49,50)/b32-26-/t20-,27?,28?,29+,30+,31-,33-,35-,36-,37-/m0/s1. The predicted molar refractivity (Wildman–Crippen MR) is 178 cm³/mol. The smallest absolute Gasteiger partial charge is 0.416 e. The van der Waals surface area contributed by atoms with Gasteiger partial charge in [-0.05, 0) is 140 Å². The number of carboxylic acid groups (broad SMARTS) is 1. The van der Waals surface area contributed by atoms with Gasteiger partial charge in [-0.15, -0.1) is 0 Å². The Morgan fingerprint density at radius 2 is 1.45 bits per heavy atom. The van der Waals surface area contributed by atoms with Crippen LogP contribution < -0.4 is 0 Å². The lowest BCUT2D eigenvalue weighted by Crippen LogP contribution is -2.65. The molecule has 0 amide bonds. The van der Waals surface area contributed by atoms with Crippen LogP contribution in [0.1, 0.15) is 117 Å². The van der Waals surface area contributed by atoms with Crippen molar-refractivity contribution in [2.75, 3.05) is 0 Å². The van der Waals surface area contributed by atoms with Gasteiger partial charge in [0.05, 0.1) is 23.3 Å². The second kappa shape index (κ2) is 13.2. The Labute approximate surface area is 295 Å². The summed E-state index contributed by atoms with van der Waals surface area (Å²) >= 11 is 0. The first-order chi connectivity index (χ1) is 23.4. The van der Waals surface area contributed by atoms with Gasteiger partial charge < -0.3 is 20.1 Å². The van der Waals surface area contributed by atoms with Crippen molar-refractivity contribution < 1.29 is 56.0 Å². The first-order valence-corrected chi connectivity index (χ1v) is 17.8. The first-order valence-electron chi connectivity index (χ1n) is 17.8. The zero-order valence-electron chi connectivity index (χ0n) is 30.3. The number of alkyl halides is 6. The zero-order valence-corrected chi connectivity index (χ0v) is 30.3. The summed E-state index contributed by atoms with van der Waals surface area (Å²) < 4.78 is 88.4. The van der Waals surface area contributed by atoms with Crippen LogP contribution in [0.2, 0.25) is 0 Å². The molecule has 284 valence electrons. The van der Waals surface area contributed by atoms with E-state index in [0.717, 1.165) is 12.8 Å². The highest BCUT2D eigenvalue weighted by Gasteiger charge is 2.71. The Morgan fingerprint density at radius 1 is 0.863 bits per heavy atom. The lowest BCUT2D eigenvalue weighted by atomic mass is 9.36. The van der Waals surface area contributed by atoms with E-state index in [1.54, 1.807) is 13.8 Å². The molecule has 1 aromatic carbocycles. The topological polar surface area (TPSA) is 104 Å². The summed E-state index contributed by atoms with van der Waals surface area (Å²) in [5.74, 6) is -2.41. The van der Waals surface area contributed by atoms with Gasteiger partial charge in [-0.3, -0.25) is 4.79 Å². The average Bonchev–Trinajstić information content (AvgIpc) is 3.26. The van der Waals surface area contributed by atoms with Gasteiger partial charge in [0.2, 0.25) is 0 Å². The average molecular weight is 729 g/mol. The number of halogens is 6. The Balaban J connectivity index is 1.59. The van der Waals surface area contributed by atoms with E-state index in [4.69, 9.17) is 4.74 Å². The molecule has 0 radical (unpaired) electrons. The van der Waals surface area contributed by atoms with Gasteiger partial charge in [-0.1, -0.05) is 33.3 Å². The van der Waals surface area contributed by atoms with E-state index in [0.29, 0.717) is 42.5 Å². The van der Waals surface area contributed by atoms with E-state index < -0.39 is 70.5 Å². The maximum atomic E-state index is 13.8. The SMILES string of the molecule is CC(=O)O[C@H]1C[C@@]2(C)C(C[C@@H](O)[C@H]3[C@@]4(C)CC[C@@H](O)[C@@H](C)C4CC[C@@]32C)/C1=C(\CCC(=C(C)C)c1cc(C(F)(F)F)cc(C(F)(F)F)c1)C(=O)O. The third-order valence-corrected chi connectivity index (χ3v) is 13.8. The molecule has 0 bridgehead atoms. The fraction of sp³-hybridized carbons (Fsp3) is 0.692. The summed E-state index contributed by atoms with van der Waals surface area (Å²) in [5, 5.41) is 33.5. The van der Waals surface area contributed by atoms with Crippen molar-refractivity contribution in [1.29, 1.82) is 0 Å². The third kappa shape index (κ3) is 6.65. The maximum Gasteiger partial charge on any atom is 0.416 e. The molecule has 2 unspecified atom stereocenters. The summed E-state index contributed by atoms with van der Waals surface area (Å²) in [6, 6.07) is 1.37. The molecule has 1 aromatic rings. The fourth-order valence-corrected chi connectivity index (χ4v) is 11.3. The van der Waals surface area contributed by atoms with Gasteiger partial charge in [-0.25, -0.2) is 4.79 Å². The first kappa shape index (κ1) is 39.3. The highest BCUT2D eigenvalue weighted by molar-refractivity contribution is 5.89. The van der Waals surface area contributed by atoms with Crippen molar-refractivity contribution in [3.8, 4) is 0 Å². The number of esters is 1. The minimum Gasteiger partial charge on any atom is -0.478 e. The minimum absolute atomic E-state index is 0.0470. The number of aliphatic hydroxyl groups excluding tert-OH is 2. The molecular weight excluding hydrogens is 678 g/mol. The number of hydrogen-bond donors (Lipinski definition) is 3. The molecule has 6 nitrogen and oxygen atoms in total. The molecule has 51 heavy (non-hydrogen) atoms. The predicted octanol–water partition coefficient (Wildman–Crippen LogP) is 9.23. The highest BCUT2D eigenvalue weighted by atomic mass is 19.4. The number of carbonyl (C=O) groups is 2. The van der Waals surface area contributed by atoms with Crippen LogP contribution in [0.15, 0.2) is 34.9 Å². The molecule has 4 fully saturated rings. The van der Waals surface area contributed by atoms with E-state index >= 15 is 0 Å². The Hall–Kier alpha value is -2.86. The zero-order chi connectivity index (χ0) is 38.2. The second-order valence-electron chi connectivity index (χ2n) is 16.6. The summed E-state index contributed by atoms with van der Waals surface area (Å²) in [4.78, 5) is 25.6. The van der Waals surface area contributed by atoms with E-state index in [1.807, 2.05) is 0 Å². The molecule has 0 aliphatic heterocycles. The number of ether oxygens (including phenoxy) is 1. The van der Waals surface area contributed by atoms with Crippen molar-refractivity contribution in [2.45, 2.75) is 130 Å². The summed E-state index contributed by atoms with van der Waals surface area (Å²) in [6.45, 7) is 12.8. The van der Waals surface area contributed by atoms with Gasteiger partial charge in [0.15, 0.2) is 0 Å². The van der Waals surface area contributed by atoms with Gasteiger partial charge in [0.1, 0.15) is 6.10 Å². The second-order valence-corrected chi connectivity index (χ2v) is 16.6. The molecular formula is C39H50F6O6. The molecule has 4 aliphatic carbocycles. The van der Waals surface area contributed by atoms with Crippen LogP contribution in [0.5, 0.6) is 0 Å². The number of carbonyl (C=O) groups excluding carboxylic acids is 1. The van der Waals surface area contributed by atoms with E-state index in [1.165, 1.54) is 6.92 Å². The summed E-state index contributed by atoms with van der Waals surface area (Å²) in [7, 11) is 0. The lowest BCUT2D eigenvalue weighted by molar-refractivity contribution is -0.234. The number of benzene rings is 1. The third-order valence-electron chi connectivity index (χ3n) is 13.8. The maximum absolute atomic E-state index is 13.8. The Bertz CT molecular complexity index is 1590. The normalized spacial score (nSPS) is 37.5. The molecule has 0 saturated heterocycles. The number of fused-ring (bicyclic) bond motifs is 5. The van der Waals surface area contributed by atoms with Gasteiger partial charge in [0, 0.05) is 12.5 Å². The van der Waals surface area contributed by atoms with Crippen molar-refractivity contribution >= 4 is 17.5 Å². The lowest BCUT2D eigenvalue weighted by Gasteiger charge is -2.69. The van der Waals surface area contributed by atoms with E-state index in [9.17, 15) is 51.3 Å². The van der Waals surface area contributed by atoms with Crippen LogP contribution in [-0.2, 0) is 26.7 Å². The fourth-order valence-electron chi connectivity index (χ4n) is 11.3. The van der Waals surface area contributed by atoms with E-state index in [2.05, 4.69) is 27.7 Å². The Kier molecular flexibility index (Phi) is 10.2. The van der Waals surface area contributed by atoms with Crippen LogP contribution in [-0.4, -0.2) is 45.6 Å². The number of rotatable bonds is 6. The van der Waals surface area contributed by atoms with Crippen LogP contribution >= 0.6 is 0 Å². The monoisotopic (exact) mass is 728 g/mol. The van der Waals surface area contributed by atoms with Gasteiger partial charge in [-0.2, -0.15) is 26.3 Å². The number of aliphatic carboxylic acids is 1. The van der Waals surface area contributed by atoms with Gasteiger partial charge in [0.25, 0.3) is 0 Å². The summed E-state index contributed by atoms with van der Waals surface area (Å²) in [5.41, 5.74) is -3.85. The van der Waals surface area contributed by atoms with Crippen LogP contribution in [0, 0.1) is 39.9 Å². The Morgan fingerprint density at radius 3 is 1.96 bits per heavy atom. The van der Waals surface area contributed by atoms with Gasteiger partial charge >= 0.3 is 24.3 Å².